The van der Waals surface area contributed by atoms with Gasteiger partial charge in [-0.05, 0) is 54.4 Å². The summed E-state index contributed by atoms with van der Waals surface area (Å²) in [6, 6.07) is 16.2. The number of benzene rings is 2. The Morgan fingerprint density at radius 2 is 1.81 bits per heavy atom. The zero-order valence-electron chi connectivity index (χ0n) is 11.5. The summed E-state index contributed by atoms with van der Waals surface area (Å²) >= 11 is 7.07. The molecule has 0 saturated carbocycles. The Morgan fingerprint density at radius 1 is 1.00 bits per heavy atom. The Kier molecular flexibility index (Phi) is 4.11. The summed E-state index contributed by atoms with van der Waals surface area (Å²) < 4.78 is 2.04. The standard InChI is InChI=1S/C17H14Br2N2/c1-10-2-3-11-8-12(4-7-16(11)21-10)17(20)14-9-13(18)5-6-15(14)19/h2-9,17H,20H2,1H3. The van der Waals surface area contributed by atoms with Gasteiger partial charge in [0.25, 0.3) is 0 Å². The molecule has 0 aliphatic heterocycles. The summed E-state index contributed by atoms with van der Waals surface area (Å²) in [5.74, 6) is 0. The maximum absolute atomic E-state index is 6.44. The minimum Gasteiger partial charge on any atom is -0.320 e. The highest BCUT2D eigenvalue weighted by atomic mass is 79.9. The second kappa shape index (κ2) is 5.87. The molecule has 2 N–H and O–H groups in total. The molecule has 0 aliphatic rings. The summed E-state index contributed by atoms with van der Waals surface area (Å²) in [6.07, 6.45) is 0. The molecule has 0 aliphatic carbocycles. The fraction of sp³-hybridized carbons (Fsp3) is 0.118. The van der Waals surface area contributed by atoms with Gasteiger partial charge in [0, 0.05) is 20.0 Å². The van der Waals surface area contributed by atoms with E-state index in [0.717, 1.165) is 36.7 Å². The van der Waals surface area contributed by atoms with Crippen molar-refractivity contribution in [2.24, 2.45) is 5.73 Å². The van der Waals surface area contributed by atoms with Gasteiger partial charge in [-0.25, -0.2) is 0 Å². The van der Waals surface area contributed by atoms with Gasteiger partial charge >= 0.3 is 0 Å². The normalized spacial score (nSPS) is 12.6. The Hall–Kier alpha value is -1.23. The largest absolute Gasteiger partial charge is 0.320 e. The van der Waals surface area contributed by atoms with E-state index in [1.807, 2.05) is 43.3 Å². The first kappa shape index (κ1) is 14.7. The predicted octanol–water partition coefficient (Wildman–Crippen LogP) is 5.12. The molecular weight excluding hydrogens is 392 g/mol. The molecule has 0 spiro atoms. The second-order valence-electron chi connectivity index (χ2n) is 5.05. The average Bonchev–Trinajstić information content (AvgIpc) is 2.48. The maximum Gasteiger partial charge on any atom is 0.0705 e. The lowest BCUT2D eigenvalue weighted by Crippen LogP contribution is -2.12. The molecule has 3 aromatic rings. The smallest absolute Gasteiger partial charge is 0.0705 e. The first-order valence-corrected chi connectivity index (χ1v) is 8.21. The number of rotatable bonds is 2. The molecule has 1 unspecified atom stereocenters. The van der Waals surface area contributed by atoms with E-state index in [-0.39, 0.29) is 6.04 Å². The van der Waals surface area contributed by atoms with E-state index in [1.165, 1.54) is 0 Å². The molecule has 0 bridgehead atoms. The van der Waals surface area contributed by atoms with Crippen LogP contribution in [0.5, 0.6) is 0 Å². The van der Waals surface area contributed by atoms with Crippen molar-refractivity contribution in [2.45, 2.75) is 13.0 Å². The number of hydrogen-bond acceptors (Lipinski definition) is 2. The van der Waals surface area contributed by atoms with Crippen molar-refractivity contribution in [2.75, 3.05) is 0 Å². The number of aromatic nitrogens is 1. The second-order valence-corrected chi connectivity index (χ2v) is 6.82. The van der Waals surface area contributed by atoms with E-state index in [1.54, 1.807) is 0 Å². The van der Waals surface area contributed by atoms with Crippen LogP contribution in [0.25, 0.3) is 10.9 Å². The lowest BCUT2D eigenvalue weighted by Gasteiger charge is -2.15. The lowest BCUT2D eigenvalue weighted by molar-refractivity contribution is 0.866. The highest BCUT2D eigenvalue weighted by molar-refractivity contribution is 9.11. The van der Waals surface area contributed by atoms with Crippen LogP contribution in [0.2, 0.25) is 0 Å². The van der Waals surface area contributed by atoms with Gasteiger partial charge in [0.1, 0.15) is 0 Å². The molecule has 106 valence electrons. The Morgan fingerprint density at radius 3 is 2.62 bits per heavy atom. The topological polar surface area (TPSA) is 38.9 Å². The third kappa shape index (κ3) is 3.03. The SMILES string of the molecule is Cc1ccc2cc(C(N)c3cc(Br)ccc3Br)ccc2n1. The molecule has 1 aromatic heterocycles. The van der Waals surface area contributed by atoms with Crippen LogP contribution < -0.4 is 5.73 Å². The van der Waals surface area contributed by atoms with Gasteiger partial charge in [0.05, 0.1) is 11.6 Å². The zero-order valence-corrected chi connectivity index (χ0v) is 14.6. The van der Waals surface area contributed by atoms with Crippen LogP contribution in [0, 0.1) is 6.92 Å². The van der Waals surface area contributed by atoms with Gasteiger partial charge in [-0.3, -0.25) is 4.98 Å². The van der Waals surface area contributed by atoms with Crippen LogP contribution in [0.15, 0.2) is 57.5 Å². The third-order valence-corrected chi connectivity index (χ3v) is 4.72. The van der Waals surface area contributed by atoms with Crippen molar-refractivity contribution >= 4 is 42.8 Å². The molecule has 1 heterocycles. The summed E-state index contributed by atoms with van der Waals surface area (Å²) in [5.41, 5.74) is 10.6. The Balaban J connectivity index is 2.07. The van der Waals surface area contributed by atoms with E-state index in [9.17, 15) is 0 Å². The lowest BCUT2D eigenvalue weighted by atomic mass is 9.98. The van der Waals surface area contributed by atoms with Crippen molar-refractivity contribution in [1.82, 2.24) is 4.98 Å². The van der Waals surface area contributed by atoms with Crippen molar-refractivity contribution < 1.29 is 0 Å². The quantitative estimate of drug-likeness (QED) is 0.642. The fourth-order valence-electron chi connectivity index (χ4n) is 2.37. The molecule has 4 heteroatoms. The number of fused-ring (bicyclic) bond motifs is 1. The van der Waals surface area contributed by atoms with Crippen molar-refractivity contribution in [1.29, 1.82) is 0 Å². The van der Waals surface area contributed by atoms with E-state index in [0.29, 0.717) is 0 Å². The van der Waals surface area contributed by atoms with E-state index in [4.69, 9.17) is 5.73 Å². The molecule has 0 saturated heterocycles. The van der Waals surface area contributed by atoms with Gasteiger partial charge in [-0.2, -0.15) is 0 Å². The molecule has 21 heavy (non-hydrogen) atoms. The number of halogens is 2. The number of nitrogens with two attached hydrogens (primary N) is 1. The molecule has 0 fully saturated rings. The summed E-state index contributed by atoms with van der Waals surface area (Å²) in [4.78, 5) is 4.52. The average molecular weight is 406 g/mol. The summed E-state index contributed by atoms with van der Waals surface area (Å²) in [6.45, 7) is 2.00. The summed E-state index contributed by atoms with van der Waals surface area (Å²) in [7, 11) is 0. The Bertz CT molecular complexity index is 815. The van der Waals surface area contributed by atoms with Crippen LogP contribution in [0.4, 0.5) is 0 Å². The molecule has 0 radical (unpaired) electrons. The van der Waals surface area contributed by atoms with Crippen molar-refractivity contribution in [3.8, 4) is 0 Å². The number of aryl methyl sites for hydroxylation is 1. The molecule has 2 aromatic carbocycles. The molecule has 0 amide bonds. The highest BCUT2D eigenvalue weighted by Gasteiger charge is 2.13. The first-order valence-electron chi connectivity index (χ1n) is 6.62. The van der Waals surface area contributed by atoms with Crippen LogP contribution in [0.3, 0.4) is 0 Å². The monoisotopic (exact) mass is 404 g/mol. The van der Waals surface area contributed by atoms with Crippen molar-refractivity contribution in [3.63, 3.8) is 0 Å². The molecular formula is C17H14Br2N2. The van der Waals surface area contributed by atoms with Gasteiger partial charge in [-0.1, -0.05) is 44.0 Å². The first-order chi connectivity index (χ1) is 10.0. The van der Waals surface area contributed by atoms with Gasteiger partial charge in [0.2, 0.25) is 0 Å². The molecule has 2 nitrogen and oxygen atoms in total. The molecule has 1 atom stereocenters. The number of nitrogens with zero attached hydrogens (tertiary/aromatic N) is 1. The maximum atomic E-state index is 6.44. The fourth-order valence-corrected chi connectivity index (χ4v) is 3.24. The highest BCUT2D eigenvalue weighted by Crippen LogP contribution is 2.30. The number of pyridine rings is 1. The summed E-state index contributed by atoms with van der Waals surface area (Å²) in [5, 5.41) is 1.11. The Labute approximate surface area is 140 Å². The van der Waals surface area contributed by atoms with Crippen molar-refractivity contribution in [3.05, 3.63) is 74.3 Å². The van der Waals surface area contributed by atoms with Crippen LogP contribution in [-0.2, 0) is 0 Å². The molecule has 3 rings (SSSR count). The van der Waals surface area contributed by atoms with E-state index in [2.05, 4.69) is 49.0 Å². The van der Waals surface area contributed by atoms with Gasteiger partial charge in [0.15, 0.2) is 0 Å². The third-order valence-electron chi connectivity index (χ3n) is 3.50. The van der Waals surface area contributed by atoms with Crippen LogP contribution in [-0.4, -0.2) is 4.98 Å². The van der Waals surface area contributed by atoms with Crippen LogP contribution >= 0.6 is 31.9 Å². The predicted molar refractivity (Wildman–Crippen MR) is 94.4 cm³/mol. The minimum atomic E-state index is -0.178. The van der Waals surface area contributed by atoms with Gasteiger partial charge in [-0.15, -0.1) is 0 Å². The number of hydrogen-bond donors (Lipinski definition) is 1. The minimum absolute atomic E-state index is 0.178. The van der Waals surface area contributed by atoms with E-state index < -0.39 is 0 Å². The van der Waals surface area contributed by atoms with E-state index >= 15 is 0 Å². The zero-order chi connectivity index (χ0) is 15.0. The van der Waals surface area contributed by atoms with Crippen LogP contribution in [0.1, 0.15) is 22.9 Å². The van der Waals surface area contributed by atoms with Gasteiger partial charge < -0.3 is 5.73 Å².